The monoisotopic (exact) mass is 250 g/mol. The molecule has 0 saturated carbocycles. The van der Waals surface area contributed by atoms with Crippen LogP contribution in [0.5, 0.6) is 0 Å². The largest absolute Gasteiger partial charge is 0.467 e. The van der Waals surface area contributed by atoms with Gasteiger partial charge in [-0.3, -0.25) is 4.79 Å². The summed E-state index contributed by atoms with van der Waals surface area (Å²) in [5, 5.41) is 2.58. The molecule has 0 heterocycles. The fourth-order valence-corrected chi connectivity index (χ4v) is 1.49. The molecule has 0 aliphatic heterocycles. The van der Waals surface area contributed by atoms with Crippen LogP contribution < -0.4 is 11.1 Å². The van der Waals surface area contributed by atoms with E-state index >= 15 is 0 Å². The van der Waals surface area contributed by atoms with E-state index in [9.17, 15) is 9.59 Å². The summed E-state index contributed by atoms with van der Waals surface area (Å²) in [5.41, 5.74) is 6.40. The van der Waals surface area contributed by atoms with Gasteiger partial charge < -0.3 is 15.8 Å². The van der Waals surface area contributed by atoms with Crippen LogP contribution in [0.15, 0.2) is 30.3 Å². The van der Waals surface area contributed by atoms with E-state index in [2.05, 4.69) is 10.1 Å². The highest BCUT2D eigenvalue weighted by molar-refractivity contribution is 5.87. The first-order chi connectivity index (χ1) is 8.54. The third-order valence-electron chi connectivity index (χ3n) is 2.50. The Hall–Kier alpha value is -1.88. The summed E-state index contributed by atoms with van der Waals surface area (Å²) >= 11 is 0. The van der Waals surface area contributed by atoms with Gasteiger partial charge in [0.15, 0.2) is 0 Å². The predicted molar refractivity (Wildman–Crippen MR) is 67.7 cm³/mol. The van der Waals surface area contributed by atoms with Crippen LogP contribution in [0.3, 0.4) is 0 Å². The normalized spacial score (nSPS) is 13.5. The van der Waals surface area contributed by atoms with E-state index in [4.69, 9.17) is 5.73 Å². The quantitative estimate of drug-likeness (QED) is 0.733. The second-order valence-electron chi connectivity index (χ2n) is 4.06. The van der Waals surface area contributed by atoms with Crippen molar-refractivity contribution in [2.45, 2.75) is 25.4 Å². The standard InChI is InChI=1S/C13H18N2O3/c1-9(14)12(16)15-11(13(17)18-2)8-10-6-4-3-5-7-10/h3-7,9,11H,8,14H2,1-2H3,(H,15,16)/t9-,11?/m1/s1. The summed E-state index contributed by atoms with van der Waals surface area (Å²) in [6.07, 6.45) is 0.381. The van der Waals surface area contributed by atoms with Gasteiger partial charge in [0.2, 0.25) is 5.91 Å². The van der Waals surface area contributed by atoms with Crippen LogP contribution in [0.25, 0.3) is 0 Å². The fourth-order valence-electron chi connectivity index (χ4n) is 1.49. The van der Waals surface area contributed by atoms with Crippen LogP contribution in [0.4, 0.5) is 0 Å². The summed E-state index contributed by atoms with van der Waals surface area (Å²) < 4.78 is 4.67. The zero-order valence-electron chi connectivity index (χ0n) is 10.6. The van der Waals surface area contributed by atoms with E-state index in [1.165, 1.54) is 7.11 Å². The van der Waals surface area contributed by atoms with E-state index in [1.807, 2.05) is 30.3 Å². The van der Waals surface area contributed by atoms with Crippen molar-refractivity contribution in [2.24, 2.45) is 5.73 Å². The van der Waals surface area contributed by atoms with Gasteiger partial charge in [0, 0.05) is 6.42 Å². The lowest BCUT2D eigenvalue weighted by molar-refractivity contribution is -0.145. The average Bonchev–Trinajstić information content (AvgIpc) is 2.38. The Morgan fingerprint density at radius 2 is 1.94 bits per heavy atom. The van der Waals surface area contributed by atoms with Crippen molar-refractivity contribution in [2.75, 3.05) is 7.11 Å². The third kappa shape index (κ3) is 4.18. The summed E-state index contributed by atoms with van der Waals surface area (Å²) in [6.45, 7) is 1.56. The highest BCUT2D eigenvalue weighted by Crippen LogP contribution is 2.04. The highest BCUT2D eigenvalue weighted by Gasteiger charge is 2.23. The zero-order chi connectivity index (χ0) is 13.5. The lowest BCUT2D eigenvalue weighted by Crippen LogP contribution is -2.48. The Labute approximate surface area is 106 Å². The fraction of sp³-hybridized carbons (Fsp3) is 0.385. The maximum Gasteiger partial charge on any atom is 0.328 e. The number of methoxy groups -OCH3 is 1. The SMILES string of the molecule is COC(=O)C(Cc1ccccc1)NC(=O)[C@@H](C)N. The van der Waals surface area contributed by atoms with Gasteiger partial charge >= 0.3 is 5.97 Å². The molecular formula is C13H18N2O3. The number of carbonyl (C=O) groups excluding carboxylic acids is 2. The number of hydrogen-bond donors (Lipinski definition) is 2. The van der Waals surface area contributed by atoms with Gasteiger partial charge in [-0.1, -0.05) is 30.3 Å². The molecule has 0 aromatic heterocycles. The van der Waals surface area contributed by atoms with Crippen LogP contribution in [0, 0.1) is 0 Å². The molecule has 0 saturated heterocycles. The van der Waals surface area contributed by atoms with Gasteiger partial charge in [0.25, 0.3) is 0 Å². The van der Waals surface area contributed by atoms with E-state index in [0.717, 1.165) is 5.56 Å². The topological polar surface area (TPSA) is 81.4 Å². The predicted octanol–water partition coefficient (Wildman–Crippen LogP) is 0.234. The number of nitrogens with two attached hydrogens (primary N) is 1. The molecule has 0 radical (unpaired) electrons. The molecule has 0 aliphatic rings. The number of benzene rings is 1. The molecule has 0 bridgehead atoms. The number of carbonyl (C=O) groups is 2. The summed E-state index contributed by atoms with van der Waals surface area (Å²) in [7, 11) is 1.29. The minimum Gasteiger partial charge on any atom is -0.467 e. The number of rotatable bonds is 5. The second kappa shape index (κ2) is 6.76. The number of esters is 1. The lowest BCUT2D eigenvalue weighted by Gasteiger charge is -2.17. The van der Waals surface area contributed by atoms with Crippen molar-refractivity contribution in [1.29, 1.82) is 0 Å². The van der Waals surface area contributed by atoms with Gasteiger partial charge in [0.05, 0.1) is 13.2 Å². The molecule has 1 rings (SSSR count). The number of hydrogen-bond acceptors (Lipinski definition) is 4. The Kier molecular flexibility index (Phi) is 5.32. The van der Waals surface area contributed by atoms with Crippen molar-refractivity contribution >= 4 is 11.9 Å². The van der Waals surface area contributed by atoms with Crippen LogP contribution in [0.1, 0.15) is 12.5 Å². The van der Waals surface area contributed by atoms with Crippen LogP contribution in [-0.2, 0) is 20.7 Å². The minimum absolute atomic E-state index is 0.374. The first-order valence-corrected chi connectivity index (χ1v) is 5.72. The van der Waals surface area contributed by atoms with Gasteiger partial charge in [-0.25, -0.2) is 4.79 Å². The molecule has 0 spiro atoms. The van der Waals surface area contributed by atoms with Crippen molar-refractivity contribution in [1.82, 2.24) is 5.32 Å². The average molecular weight is 250 g/mol. The Morgan fingerprint density at radius 3 is 2.44 bits per heavy atom. The maximum atomic E-state index is 11.6. The Bertz CT molecular complexity index is 404. The molecule has 1 unspecified atom stereocenters. The molecule has 2 atom stereocenters. The van der Waals surface area contributed by atoms with Crippen LogP contribution in [-0.4, -0.2) is 31.1 Å². The van der Waals surface area contributed by atoms with Crippen molar-refractivity contribution in [3.8, 4) is 0 Å². The van der Waals surface area contributed by atoms with Gasteiger partial charge in [0.1, 0.15) is 6.04 Å². The number of nitrogens with one attached hydrogen (secondary N) is 1. The number of ether oxygens (including phenoxy) is 1. The molecule has 1 aromatic rings. The smallest absolute Gasteiger partial charge is 0.328 e. The molecule has 5 nitrogen and oxygen atoms in total. The molecule has 0 aliphatic carbocycles. The molecule has 0 fully saturated rings. The van der Waals surface area contributed by atoms with Gasteiger partial charge in [-0.15, -0.1) is 0 Å². The summed E-state index contributed by atoms with van der Waals surface area (Å²) in [4.78, 5) is 23.1. The van der Waals surface area contributed by atoms with Crippen molar-refractivity contribution < 1.29 is 14.3 Å². The van der Waals surface area contributed by atoms with E-state index < -0.39 is 18.1 Å². The Morgan fingerprint density at radius 1 is 1.33 bits per heavy atom. The minimum atomic E-state index is -0.712. The molecule has 18 heavy (non-hydrogen) atoms. The molecule has 98 valence electrons. The van der Waals surface area contributed by atoms with Crippen molar-refractivity contribution in [3.05, 3.63) is 35.9 Å². The van der Waals surface area contributed by atoms with Gasteiger partial charge in [-0.05, 0) is 12.5 Å². The van der Waals surface area contributed by atoms with Crippen LogP contribution in [0.2, 0.25) is 0 Å². The van der Waals surface area contributed by atoms with E-state index in [-0.39, 0.29) is 5.91 Å². The molecule has 1 amide bonds. The van der Waals surface area contributed by atoms with E-state index in [1.54, 1.807) is 6.92 Å². The highest BCUT2D eigenvalue weighted by atomic mass is 16.5. The third-order valence-corrected chi connectivity index (χ3v) is 2.50. The summed E-state index contributed by atoms with van der Waals surface area (Å²) in [5.74, 6) is -0.853. The second-order valence-corrected chi connectivity index (χ2v) is 4.06. The molecule has 3 N–H and O–H groups in total. The summed E-state index contributed by atoms with van der Waals surface area (Å²) in [6, 6.07) is 8.02. The lowest BCUT2D eigenvalue weighted by atomic mass is 10.1. The van der Waals surface area contributed by atoms with Crippen LogP contribution >= 0.6 is 0 Å². The Balaban J connectivity index is 2.73. The molecular weight excluding hydrogens is 232 g/mol. The molecule has 5 heteroatoms. The molecule has 1 aromatic carbocycles. The van der Waals surface area contributed by atoms with Gasteiger partial charge in [-0.2, -0.15) is 0 Å². The van der Waals surface area contributed by atoms with E-state index in [0.29, 0.717) is 6.42 Å². The van der Waals surface area contributed by atoms with Crippen molar-refractivity contribution in [3.63, 3.8) is 0 Å². The maximum absolute atomic E-state index is 11.6. The first-order valence-electron chi connectivity index (χ1n) is 5.72. The zero-order valence-corrected chi connectivity index (χ0v) is 10.6. The number of amides is 1. The first kappa shape index (κ1) is 14.2.